The van der Waals surface area contributed by atoms with Crippen LogP contribution in [0.15, 0.2) is 24.3 Å². The van der Waals surface area contributed by atoms with E-state index in [0.717, 1.165) is 37.1 Å². The fraction of sp³-hybridized carbons (Fsp3) is 0.533. The van der Waals surface area contributed by atoms with E-state index in [4.69, 9.17) is 5.11 Å². The number of aliphatic hydroxyl groups is 1. The van der Waals surface area contributed by atoms with Crippen LogP contribution >= 0.6 is 0 Å². The maximum absolute atomic E-state index is 11.8. The van der Waals surface area contributed by atoms with Gasteiger partial charge in [-0.1, -0.05) is 12.1 Å². The van der Waals surface area contributed by atoms with Crippen molar-refractivity contribution in [1.29, 1.82) is 0 Å². The molecule has 0 saturated heterocycles. The largest absolute Gasteiger partial charge is 0.396 e. The van der Waals surface area contributed by atoms with E-state index in [9.17, 15) is 4.79 Å². The zero-order valence-corrected chi connectivity index (χ0v) is 11.4. The number of anilines is 1. The fourth-order valence-electron chi connectivity index (χ4n) is 2.30. The molecule has 4 heteroatoms. The average molecular weight is 262 g/mol. The van der Waals surface area contributed by atoms with Crippen molar-refractivity contribution in [2.75, 3.05) is 25.0 Å². The highest BCUT2D eigenvalue weighted by molar-refractivity contribution is 5.92. The highest BCUT2D eigenvalue weighted by Crippen LogP contribution is 2.47. The highest BCUT2D eigenvalue weighted by atomic mass is 16.3. The maximum atomic E-state index is 11.8. The van der Waals surface area contributed by atoms with Crippen molar-refractivity contribution in [1.82, 2.24) is 5.32 Å². The van der Waals surface area contributed by atoms with Gasteiger partial charge in [0.1, 0.15) is 0 Å². The standard InChI is InChI=1S/C15H22N2O2/c1-12-3-2-4-13(9-12)17-14(19)10-16-11-15(5-6-15)7-8-18/h2-4,9,16,18H,5-8,10-11H2,1H3,(H,17,19). The predicted octanol–water partition coefficient (Wildman–Crippen LogP) is 1.69. The summed E-state index contributed by atoms with van der Waals surface area (Å²) in [5, 5.41) is 15.0. The number of aliphatic hydroxyl groups excluding tert-OH is 1. The van der Waals surface area contributed by atoms with E-state index in [-0.39, 0.29) is 17.9 Å². The Kier molecular flexibility index (Phi) is 4.56. The molecule has 1 aliphatic rings. The molecule has 2 rings (SSSR count). The molecule has 0 aliphatic heterocycles. The number of hydrogen-bond donors (Lipinski definition) is 3. The summed E-state index contributed by atoms with van der Waals surface area (Å²) in [7, 11) is 0. The molecule has 0 radical (unpaired) electrons. The molecule has 1 aromatic rings. The summed E-state index contributed by atoms with van der Waals surface area (Å²) in [6.07, 6.45) is 3.14. The van der Waals surface area contributed by atoms with Crippen LogP contribution in [-0.2, 0) is 4.79 Å². The van der Waals surface area contributed by atoms with Gasteiger partial charge in [-0.05, 0) is 49.3 Å². The van der Waals surface area contributed by atoms with Crippen LogP contribution < -0.4 is 10.6 Å². The van der Waals surface area contributed by atoms with Gasteiger partial charge in [-0.2, -0.15) is 0 Å². The number of aryl methyl sites for hydroxylation is 1. The van der Waals surface area contributed by atoms with Crippen LogP contribution in [0.25, 0.3) is 0 Å². The molecule has 104 valence electrons. The number of amides is 1. The summed E-state index contributed by atoms with van der Waals surface area (Å²) < 4.78 is 0. The lowest BCUT2D eigenvalue weighted by Gasteiger charge is -2.14. The van der Waals surface area contributed by atoms with Crippen molar-refractivity contribution >= 4 is 11.6 Å². The van der Waals surface area contributed by atoms with E-state index in [1.165, 1.54) is 0 Å². The first kappa shape index (κ1) is 14.0. The first-order chi connectivity index (χ1) is 9.13. The molecular formula is C15H22N2O2. The van der Waals surface area contributed by atoms with Crippen molar-refractivity contribution in [3.63, 3.8) is 0 Å². The highest BCUT2D eigenvalue weighted by Gasteiger charge is 2.41. The minimum Gasteiger partial charge on any atom is -0.396 e. The maximum Gasteiger partial charge on any atom is 0.238 e. The van der Waals surface area contributed by atoms with Crippen LogP contribution in [0.5, 0.6) is 0 Å². The number of nitrogens with one attached hydrogen (secondary N) is 2. The molecule has 1 saturated carbocycles. The van der Waals surface area contributed by atoms with Crippen molar-refractivity contribution in [3.8, 4) is 0 Å². The minimum absolute atomic E-state index is 0.0228. The van der Waals surface area contributed by atoms with Crippen molar-refractivity contribution in [2.24, 2.45) is 5.41 Å². The van der Waals surface area contributed by atoms with Crippen LogP contribution in [0.2, 0.25) is 0 Å². The second-order valence-electron chi connectivity index (χ2n) is 5.49. The molecule has 1 aromatic carbocycles. The van der Waals surface area contributed by atoms with Gasteiger partial charge in [-0.25, -0.2) is 0 Å². The van der Waals surface area contributed by atoms with E-state index in [1.807, 2.05) is 31.2 Å². The molecule has 0 atom stereocenters. The van der Waals surface area contributed by atoms with Gasteiger partial charge in [0.15, 0.2) is 0 Å². The van der Waals surface area contributed by atoms with Gasteiger partial charge in [-0.3, -0.25) is 4.79 Å². The third kappa shape index (κ3) is 4.33. The number of carbonyl (C=O) groups excluding carboxylic acids is 1. The summed E-state index contributed by atoms with van der Waals surface area (Å²) in [4.78, 5) is 11.8. The summed E-state index contributed by atoms with van der Waals surface area (Å²) >= 11 is 0. The molecule has 0 heterocycles. The molecule has 0 unspecified atom stereocenters. The molecule has 1 aliphatic carbocycles. The number of benzene rings is 1. The fourth-order valence-corrected chi connectivity index (χ4v) is 2.30. The third-order valence-corrected chi connectivity index (χ3v) is 3.69. The van der Waals surface area contributed by atoms with E-state index >= 15 is 0 Å². The SMILES string of the molecule is Cc1cccc(NC(=O)CNCC2(CCO)CC2)c1. The van der Waals surface area contributed by atoms with E-state index < -0.39 is 0 Å². The molecular weight excluding hydrogens is 240 g/mol. The van der Waals surface area contributed by atoms with Gasteiger partial charge >= 0.3 is 0 Å². The Balaban J connectivity index is 1.70. The van der Waals surface area contributed by atoms with E-state index in [1.54, 1.807) is 0 Å². The zero-order chi connectivity index (χ0) is 13.7. The Bertz CT molecular complexity index is 442. The summed E-state index contributed by atoms with van der Waals surface area (Å²) in [5.41, 5.74) is 2.21. The smallest absolute Gasteiger partial charge is 0.238 e. The predicted molar refractivity (Wildman–Crippen MR) is 76.0 cm³/mol. The Morgan fingerprint density at radius 1 is 1.42 bits per heavy atom. The van der Waals surface area contributed by atoms with Crippen LogP contribution in [-0.4, -0.2) is 30.7 Å². The summed E-state index contributed by atoms with van der Waals surface area (Å²) in [6.45, 7) is 3.37. The lowest BCUT2D eigenvalue weighted by molar-refractivity contribution is -0.115. The van der Waals surface area contributed by atoms with Crippen LogP contribution in [0.4, 0.5) is 5.69 Å². The first-order valence-electron chi connectivity index (χ1n) is 6.82. The molecule has 19 heavy (non-hydrogen) atoms. The Hall–Kier alpha value is -1.39. The number of rotatable bonds is 7. The lowest BCUT2D eigenvalue weighted by Crippen LogP contribution is -2.32. The Labute approximate surface area is 114 Å². The molecule has 1 amide bonds. The Morgan fingerprint density at radius 3 is 2.84 bits per heavy atom. The third-order valence-electron chi connectivity index (χ3n) is 3.69. The lowest BCUT2D eigenvalue weighted by atomic mass is 10.0. The average Bonchev–Trinajstić information content (AvgIpc) is 3.09. The molecule has 1 fully saturated rings. The van der Waals surface area contributed by atoms with Gasteiger partial charge in [0.25, 0.3) is 0 Å². The van der Waals surface area contributed by atoms with Crippen LogP contribution in [0.3, 0.4) is 0 Å². The molecule has 0 spiro atoms. The van der Waals surface area contributed by atoms with Crippen molar-refractivity contribution < 1.29 is 9.90 Å². The molecule has 0 aromatic heterocycles. The van der Waals surface area contributed by atoms with Gasteiger partial charge in [-0.15, -0.1) is 0 Å². The quantitative estimate of drug-likeness (QED) is 0.700. The first-order valence-corrected chi connectivity index (χ1v) is 6.82. The van der Waals surface area contributed by atoms with E-state index in [2.05, 4.69) is 10.6 Å². The second-order valence-corrected chi connectivity index (χ2v) is 5.49. The topological polar surface area (TPSA) is 61.4 Å². The van der Waals surface area contributed by atoms with Crippen molar-refractivity contribution in [2.45, 2.75) is 26.2 Å². The van der Waals surface area contributed by atoms with Crippen LogP contribution in [0, 0.1) is 12.3 Å². The van der Waals surface area contributed by atoms with Crippen LogP contribution in [0.1, 0.15) is 24.8 Å². The number of carbonyl (C=O) groups is 1. The van der Waals surface area contributed by atoms with Gasteiger partial charge in [0.2, 0.25) is 5.91 Å². The Morgan fingerprint density at radius 2 is 2.21 bits per heavy atom. The monoisotopic (exact) mass is 262 g/mol. The number of hydrogen-bond acceptors (Lipinski definition) is 3. The summed E-state index contributed by atoms with van der Waals surface area (Å²) in [5.74, 6) is -0.0228. The van der Waals surface area contributed by atoms with Gasteiger partial charge < -0.3 is 15.7 Å². The van der Waals surface area contributed by atoms with Crippen molar-refractivity contribution in [3.05, 3.63) is 29.8 Å². The molecule has 0 bridgehead atoms. The van der Waals surface area contributed by atoms with Gasteiger partial charge in [0, 0.05) is 18.8 Å². The molecule has 3 N–H and O–H groups in total. The van der Waals surface area contributed by atoms with Gasteiger partial charge in [0.05, 0.1) is 6.54 Å². The zero-order valence-electron chi connectivity index (χ0n) is 11.4. The van der Waals surface area contributed by atoms with E-state index in [0.29, 0.717) is 6.54 Å². The second kappa shape index (κ2) is 6.17. The summed E-state index contributed by atoms with van der Waals surface area (Å²) in [6, 6.07) is 7.77. The molecule has 4 nitrogen and oxygen atoms in total. The normalized spacial score (nSPS) is 16.1. The minimum atomic E-state index is -0.0228.